The third-order valence-electron chi connectivity index (χ3n) is 3.42. The van der Waals surface area contributed by atoms with Gasteiger partial charge in [0.05, 0.1) is 6.61 Å². The summed E-state index contributed by atoms with van der Waals surface area (Å²) in [5.41, 5.74) is 0.877. The van der Waals surface area contributed by atoms with Crippen LogP contribution >= 0.6 is 11.6 Å². The second kappa shape index (κ2) is 5.82. The van der Waals surface area contributed by atoms with Crippen molar-refractivity contribution in [3.8, 4) is 5.75 Å². The summed E-state index contributed by atoms with van der Waals surface area (Å²) in [6, 6.07) is 8.44. The summed E-state index contributed by atoms with van der Waals surface area (Å²) < 4.78 is 11.0. The molecule has 0 N–H and O–H groups in total. The van der Waals surface area contributed by atoms with Gasteiger partial charge in [0, 0.05) is 17.0 Å². The number of carbonyl (C=O) groups is 1. The van der Waals surface area contributed by atoms with Crippen LogP contribution in [0, 0.1) is 5.92 Å². The number of aromatic carboxylic acids is 1. The average molecular weight is 306 g/mol. The van der Waals surface area contributed by atoms with Crippen LogP contribution in [0.1, 0.15) is 34.7 Å². The molecule has 1 aromatic heterocycles. The van der Waals surface area contributed by atoms with Gasteiger partial charge in [-0.25, -0.2) is 0 Å². The molecule has 1 aliphatic rings. The minimum Gasteiger partial charge on any atom is -0.542 e. The summed E-state index contributed by atoms with van der Waals surface area (Å²) in [6.45, 7) is 0.705. The van der Waals surface area contributed by atoms with Crippen molar-refractivity contribution in [1.29, 1.82) is 0 Å². The molecule has 1 fully saturated rings. The molecule has 1 aliphatic carbocycles. The van der Waals surface area contributed by atoms with Gasteiger partial charge >= 0.3 is 0 Å². The van der Waals surface area contributed by atoms with E-state index in [0.717, 1.165) is 11.3 Å². The Morgan fingerprint density at radius 3 is 2.81 bits per heavy atom. The highest BCUT2D eigenvalue weighted by Gasteiger charge is 2.22. The van der Waals surface area contributed by atoms with E-state index in [0.29, 0.717) is 29.7 Å². The number of rotatable bonds is 6. The molecule has 1 heterocycles. The van der Waals surface area contributed by atoms with E-state index in [1.165, 1.54) is 18.9 Å². The minimum absolute atomic E-state index is 0.174. The maximum atomic E-state index is 10.7. The molecule has 4 nitrogen and oxygen atoms in total. The molecular formula is C16H14ClO4-. The average Bonchev–Trinajstić information content (AvgIpc) is 3.15. The first kappa shape index (κ1) is 14.0. The summed E-state index contributed by atoms with van der Waals surface area (Å²) in [5.74, 6) is 0.456. The molecule has 0 unspecified atom stereocenters. The lowest BCUT2D eigenvalue weighted by Gasteiger charge is -2.11. The SMILES string of the molecule is O=C([O-])c1ccc(Cc2cc(Cl)ccc2OCC2CC2)o1. The van der Waals surface area contributed by atoms with Gasteiger partial charge in [0.1, 0.15) is 23.2 Å². The molecule has 1 saturated carbocycles. The standard InChI is InChI=1S/C16H15ClO4/c17-12-3-5-14(20-9-10-1-2-10)11(7-12)8-13-4-6-15(21-13)16(18)19/h3-7,10H,1-2,8-9H2,(H,18,19)/p-1. The summed E-state index contributed by atoms with van der Waals surface area (Å²) in [4.78, 5) is 10.7. The van der Waals surface area contributed by atoms with Crippen molar-refractivity contribution in [3.63, 3.8) is 0 Å². The fourth-order valence-corrected chi connectivity index (χ4v) is 2.28. The maximum absolute atomic E-state index is 10.7. The molecular weight excluding hydrogens is 292 g/mol. The number of carboxylic acid groups (broad SMARTS) is 1. The summed E-state index contributed by atoms with van der Waals surface area (Å²) in [7, 11) is 0. The summed E-state index contributed by atoms with van der Waals surface area (Å²) >= 11 is 6.02. The second-order valence-corrected chi connectivity index (χ2v) is 5.67. The Hall–Kier alpha value is -1.94. The zero-order valence-corrected chi connectivity index (χ0v) is 12.1. The Labute approximate surface area is 127 Å². The van der Waals surface area contributed by atoms with Gasteiger partial charge in [-0.1, -0.05) is 11.6 Å². The van der Waals surface area contributed by atoms with Gasteiger partial charge in [0.15, 0.2) is 0 Å². The van der Waals surface area contributed by atoms with Crippen LogP contribution in [0.3, 0.4) is 0 Å². The lowest BCUT2D eigenvalue weighted by atomic mass is 10.1. The zero-order chi connectivity index (χ0) is 14.8. The lowest BCUT2D eigenvalue weighted by molar-refractivity contribution is -0.257. The zero-order valence-electron chi connectivity index (χ0n) is 11.3. The summed E-state index contributed by atoms with van der Waals surface area (Å²) in [6.07, 6.45) is 2.86. The van der Waals surface area contributed by atoms with Gasteiger partial charge < -0.3 is 19.1 Å². The van der Waals surface area contributed by atoms with Gasteiger partial charge in [0.2, 0.25) is 0 Å². The molecule has 21 heavy (non-hydrogen) atoms. The molecule has 0 spiro atoms. The number of halogens is 1. The predicted octanol–water partition coefficient (Wildman–Crippen LogP) is 2.68. The van der Waals surface area contributed by atoms with Crippen LogP contribution in [0.5, 0.6) is 5.75 Å². The molecule has 0 radical (unpaired) electrons. The number of hydrogen-bond donors (Lipinski definition) is 0. The van der Waals surface area contributed by atoms with Crippen molar-refractivity contribution in [2.75, 3.05) is 6.61 Å². The first-order valence-electron chi connectivity index (χ1n) is 6.83. The molecule has 0 aliphatic heterocycles. The van der Waals surface area contributed by atoms with Crippen LogP contribution in [-0.4, -0.2) is 12.6 Å². The van der Waals surface area contributed by atoms with E-state index in [1.54, 1.807) is 12.1 Å². The first-order chi connectivity index (χ1) is 10.1. The first-order valence-corrected chi connectivity index (χ1v) is 7.21. The largest absolute Gasteiger partial charge is 0.542 e. The topological polar surface area (TPSA) is 62.5 Å². The third-order valence-corrected chi connectivity index (χ3v) is 3.66. The Kier molecular flexibility index (Phi) is 3.88. The van der Waals surface area contributed by atoms with Crippen LogP contribution in [0.2, 0.25) is 5.02 Å². The maximum Gasteiger partial charge on any atom is 0.149 e. The van der Waals surface area contributed by atoms with Crippen molar-refractivity contribution >= 4 is 17.6 Å². The highest BCUT2D eigenvalue weighted by Crippen LogP contribution is 2.32. The highest BCUT2D eigenvalue weighted by molar-refractivity contribution is 6.30. The van der Waals surface area contributed by atoms with E-state index in [1.807, 2.05) is 12.1 Å². The molecule has 5 heteroatoms. The minimum atomic E-state index is -1.32. The van der Waals surface area contributed by atoms with E-state index in [4.69, 9.17) is 20.8 Å². The summed E-state index contributed by atoms with van der Waals surface area (Å²) in [5, 5.41) is 11.3. The number of furan rings is 1. The normalized spacial score (nSPS) is 14.1. The molecule has 1 aromatic carbocycles. The van der Waals surface area contributed by atoms with Crippen LogP contribution in [-0.2, 0) is 6.42 Å². The molecule has 0 saturated heterocycles. The number of carbonyl (C=O) groups excluding carboxylic acids is 1. The van der Waals surface area contributed by atoms with E-state index in [9.17, 15) is 9.90 Å². The fourth-order valence-electron chi connectivity index (χ4n) is 2.09. The molecule has 3 rings (SSSR count). The van der Waals surface area contributed by atoms with Crippen molar-refractivity contribution in [2.45, 2.75) is 19.3 Å². The molecule has 110 valence electrons. The Bertz CT molecular complexity index is 658. The van der Waals surface area contributed by atoms with Gasteiger partial charge in [-0.15, -0.1) is 0 Å². The molecule has 2 aromatic rings. The quantitative estimate of drug-likeness (QED) is 0.823. The van der Waals surface area contributed by atoms with E-state index < -0.39 is 5.97 Å². The van der Waals surface area contributed by atoms with E-state index in [2.05, 4.69) is 0 Å². The Balaban J connectivity index is 1.77. The van der Waals surface area contributed by atoms with Gasteiger partial charge in [0.25, 0.3) is 0 Å². The highest BCUT2D eigenvalue weighted by atomic mass is 35.5. The van der Waals surface area contributed by atoms with Crippen LogP contribution in [0.25, 0.3) is 0 Å². The lowest BCUT2D eigenvalue weighted by Crippen LogP contribution is -2.21. The number of ether oxygens (including phenoxy) is 1. The Morgan fingerprint density at radius 1 is 1.33 bits per heavy atom. The van der Waals surface area contributed by atoms with Crippen molar-refractivity contribution in [2.24, 2.45) is 5.92 Å². The number of carboxylic acids is 1. The number of benzene rings is 1. The van der Waals surface area contributed by atoms with Crippen molar-refractivity contribution in [3.05, 3.63) is 52.4 Å². The molecule has 0 bridgehead atoms. The van der Waals surface area contributed by atoms with E-state index >= 15 is 0 Å². The third kappa shape index (κ3) is 3.58. The smallest absolute Gasteiger partial charge is 0.149 e. The number of hydrogen-bond acceptors (Lipinski definition) is 4. The van der Waals surface area contributed by atoms with Crippen molar-refractivity contribution in [1.82, 2.24) is 0 Å². The second-order valence-electron chi connectivity index (χ2n) is 5.24. The van der Waals surface area contributed by atoms with E-state index in [-0.39, 0.29) is 5.76 Å². The fraction of sp³-hybridized carbons (Fsp3) is 0.312. The van der Waals surface area contributed by atoms with Gasteiger partial charge in [-0.05, 0) is 49.1 Å². The predicted molar refractivity (Wildman–Crippen MR) is 75.5 cm³/mol. The molecule has 0 amide bonds. The van der Waals surface area contributed by atoms with Crippen LogP contribution in [0.15, 0.2) is 34.7 Å². The van der Waals surface area contributed by atoms with Gasteiger partial charge in [-0.3, -0.25) is 0 Å². The van der Waals surface area contributed by atoms with Crippen LogP contribution in [0.4, 0.5) is 0 Å². The van der Waals surface area contributed by atoms with Gasteiger partial charge in [-0.2, -0.15) is 0 Å². The van der Waals surface area contributed by atoms with Crippen molar-refractivity contribution < 1.29 is 19.1 Å². The molecule has 0 atom stereocenters. The Morgan fingerprint density at radius 2 is 2.14 bits per heavy atom. The monoisotopic (exact) mass is 305 g/mol. The van der Waals surface area contributed by atoms with Crippen LogP contribution < -0.4 is 9.84 Å².